The third-order valence-corrected chi connectivity index (χ3v) is 2.70. The van der Waals surface area contributed by atoms with Crippen molar-refractivity contribution in [2.45, 2.75) is 33.6 Å². The number of nitrogens with two attached hydrogens (primary N) is 1. The lowest BCUT2D eigenvalue weighted by atomic mass is 10.1. The predicted molar refractivity (Wildman–Crippen MR) is 69.3 cm³/mol. The highest BCUT2D eigenvalue weighted by Crippen LogP contribution is 2.21. The van der Waals surface area contributed by atoms with E-state index in [9.17, 15) is 0 Å². The van der Waals surface area contributed by atoms with Crippen molar-refractivity contribution in [3.63, 3.8) is 0 Å². The molecule has 90 valence electrons. The normalized spacial score (nSPS) is 11.1. The lowest BCUT2D eigenvalue weighted by Crippen LogP contribution is -2.06. The van der Waals surface area contributed by atoms with Crippen molar-refractivity contribution in [2.24, 2.45) is 0 Å². The number of aromatic nitrogens is 3. The Morgan fingerprint density at radius 1 is 1.24 bits per heavy atom. The van der Waals surface area contributed by atoms with Crippen LogP contribution >= 0.6 is 0 Å². The van der Waals surface area contributed by atoms with Gasteiger partial charge in [-0.1, -0.05) is 13.8 Å². The summed E-state index contributed by atoms with van der Waals surface area (Å²) in [6, 6.07) is 5.84. The molecule has 2 aromatic rings. The molecule has 0 fully saturated rings. The quantitative estimate of drug-likeness (QED) is 0.807. The first-order valence-corrected chi connectivity index (χ1v) is 5.79. The first-order chi connectivity index (χ1) is 7.99. The first kappa shape index (κ1) is 11.6. The van der Waals surface area contributed by atoms with Gasteiger partial charge in [-0.2, -0.15) is 5.10 Å². The number of hydrogen-bond donors (Lipinski definition) is 1. The van der Waals surface area contributed by atoms with Crippen LogP contribution in [0.15, 0.2) is 18.2 Å². The zero-order valence-corrected chi connectivity index (χ0v) is 10.7. The number of nitrogens with zero attached hydrogens (tertiary/aromatic N) is 3. The van der Waals surface area contributed by atoms with E-state index in [-0.39, 0.29) is 0 Å². The molecule has 0 aliphatic heterocycles. The van der Waals surface area contributed by atoms with E-state index in [0.29, 0.717) is 5.92 Å². The molecule has 4 nitrogen and oxygen atoms in total. The number of rotatable bonds is 2. The molecule has 0 radical (unpaired) electrons. The highest BCUT2D eigenvalue weighted by molar-refractivity contribution is 5.50. The summed E-state index contributed by atoms with van der Waals surface area (Å²) >= 11 is 0. The fourth-order valence-electron chi connectivity index (χ4n) is 1.90. The Labute approximate surface area is 101 Å². The number of hydrogen-bond acceptors (Lipinski definition) is 3. The topological polar surface area (TPSA) is 56.7 Å². The monoisotopic (exact) mass is 230 g/mol. The lowest BCUT2D eigenvalue weighted by Gasteiger charge is -2.11. The van der Waals surface area contributed by atoms with Gasteiger partial charge in [0.1, 0.15) is 11.6 Å². The molecule has 0 atom stereocenters. The standard InChI is InChI=1S/C13H18N4/c1-8(2)13-15-10(4)16-17(13)12-6-5-11(14)7-9(12)3/h5-8H,14H2,1-4H3. The van der Waals surface area contributed by atoms with Crippen LogP contribution in [0.1, 0.15) is 37.0 Å². The van der Waals surface area contributed by atoms with Gasteiger partial charge in [-0.15, -0.1) is 0 Å². The van der Waals surface area contributed by atoms with Gasteiger partial charge in [-0.25, -0.2) is 9.67 Å². The number of nitrogen functional groups attached to an aromatic ring is 1. The molecule has 2 rings (SSSR count). The summed E-state index contributed by atoms with van der Waals surface area (Å²) in [6.07, 6.45) is 0. The molecule has 0 bridgehead atoms. The van der Waals surface area contributed by atoms with Crippen molar-refractivity contribution in [2.75, 3.05) is 5.73 Å². The van der Waals surface area contributed by atoms with Crippen LogP contribution in [0.5, 0.6) is 0 Å². The van der Waals surface area contributed by atoms with E-state index in [1.54, 1.807) is 0 Å². The van der Waals surface area contributed by atoms with Crippen LogP contribution in [-0.2, 0) is 0 Å². The van der Waals surface area contributed by atoms with E-state index >= 15 is 0 Å². The summed E-state index contributed by atoms with van der Waals surface area (Å²) < 4.78 is 1.91. The summed E-state index contributed by atoms with van der Waals surface area (Å²) in [5.41, 5.74) is 8.69. The summed E-state index contributed by atoms with van der Waals surface area (Å²) in [4.78, 5) is 4.47. The molecule has 2 N–H and O–H groups in total. The third kappa shape index (κ3) is 2.16. The zero-order valence-electron chi connectivity index (χ0n) is 10.7. The van der Waals surface area contributed by atoms with Crippen LogP contribution in [0.2, 0.25) is 0 Å². The van der Waals surface area contributed by atoms with Gasteiger partial charge in [0.15, 0.2) is 0 Å². The summed E-state index contributed by atoms with van der Waals surface area (Å²) in [5, 5.41) is 4.46. The predicted octanol–water partition coefficient (Wildman–Crippen LogP) is 2.59. The first-order valence-electron chi connectivity index (χ1n) is 5.79. The molecular weight excluding hydrogens is 212 g/mol. The van der Waals surface area contributed by atoms with Gasteiger partial charge in [-0.05, 0) is 37.6 Å². The maximum absolute atomic E-state index is 5.76. The van der Waals surface area contributed by atoms with E-state index in [1.165, 1.54) is 0 Å². The van der Waals surface area contributed by atoms with Crippen molar-refractivity contribution in [1.82, 2.24) is 14.8 Å². The van der Waals surface area contributed by atoms with Gasteiger partial charge >= 0.3 is 0 Å². The summed E-state index contributed by atoms with van der Waals surface area (Å²) in [6.45, 7) is 8.18. The minimum absolute atomic E-state index is 0.341. The average molecular weight is 230 g/mol. The Hall–Kier alpha value is -1.84. The zero-order chi connectivity index (χ0) is 12.6. The Kier molecular flexibility index (Phi) is 2.88. The van der Waals surface area contributed by atoms with Gasteiger partial charge < -0.3 is 5.73 Å². The fraction of sp³-hybridized carbons (Fsp3) is 0.385. The largest absolute Gasteiger partial charge is 0.399 e. The van der Waals surface area contributed by atoms with E-state index in [2.05, 4.69) is 23.9 Å². The molecule has 0 aliphatic rings. The SMILES string of the molecule is Cc1nc(C(C)C)n(-c2ccc(N)cc2C)n1. The summed E-state index contributed by atoms with van der Waals surface area (Å²) in [7, 11) is 0. The van der Waals surface area contributed by atoms with Crippen molar-refractivity contribution in [1.29, 1.82) is 0 Å². The number of benzene rings is 1. The van der Waals surface area contributed by atoms with Crippen molar-refractivity contribution < 1.29 is 0 Å². The second kappa shape index (κ2) is 4.20. The van der Waals surface area contributed by atoms with Crippen LogP contribution in [0.3, 0.4) is 0 Å². The molecule has 0 saturated carbocycles. The number of aryl methyl sites for hydroxylation is 2. The molecule has 17 heavy (non-hydrogen) atoms. The maximum Gasteiger partial charge on any atom is 0.148 e. The Bertz CT molecular complexity index is 540. The van der Waals surface area contributed by atoms with Gasteiger partial charge in [-0.3, -0.25) is 0 Å². The molecule has 0 amide bonds. The maximum atomic E-state index is 5.76. The lowest BCUT2D eigenvalue weighted by molar-refractivity contribution is 0.711. The molecule has 1 heterocycles. The Morgan fingerprint density at radius 3 is 2.53 bits per heavy atom. The molecular formula is C13H18N4. The van der Waals surface area contributed by atoms with Crippen molar-refractivity contribution in [3.8, 4) is 5.69 Å². The Morgan fingerprint density at radius 2 is 1.94 bits per heavy atom. The van der Waals surface area contributed by atoms with Crippen LogP contribution in [0, 0.1) is 13.8 Å². The minimum atomic E-state index is 0.341. The van der Waals surface area contributed by atoms with E-state index in [0.717, 1.165) is 28.6 Å². The average Bonchev–Trinajstić information content (AvgIpc) is 2.60. The smallest absolute Gasteiger partial charge is 0.148 e. The van der Waals surface area contributed by atoms with Gasteiger partial charge in [0.25, 0.3) is 0 Å². The van der Waals surface area contributed by atoms with Crippen LogP contribution in [0.4, 0.5) is 5.69 Å². The van der Waals surface area contributed by atoms with Crippen molar-refractivity contribution in [3.05, 3.63) is 35.4 Å². The van der Waals surface area contributed by atoms with Gasteiger partial charge in [0, 0.05) is 11.6 Å². The molecule has 0 spiro atoms. The highest BCUT2D eigenvalue weighted by Gasteiger charge is 2.14. The highest BCUT2D eigenvalue weighted by atomic mass is 15.4. The molecule has 4 heteroatoms. The second-order valence-electron chi connectivity index (χ2n) is 4.63. The molecule has 1 aromatic carbocycles. The fourth-order valence-corrected chi connectivity index (χ4v) is 1.90. The number of anilines is 1. The van der Waals surface area contributed by atoms with Crippen molar-refractivity contribution >= 4 is 5.69 Å². The van der Waals surface area contributed by atoms with Gasteiger partial charge in [0.05, 0.1) is 5.69 Å². The second-order valence-corrected chi connectivity index (χ2v) is 4.63. The van der Waals surface area contributed by atoms with Crippen LogP contribution < -0.4 is 5.73 Å². The van der Waals surface area contributed by atoms with E-state index in [1.807, 2.05) is 36.7 Å². The summed E-state index contributed by atoms with van der Waals surface area (Å²) in [5.74, 6) is 2.12. The Balaban J connectivity index is 2.59. The third-order valence-electron chi connectivity index (χ3n) is 2.70. The molecule has 0 saturated heterocycles. The van der Waals surface area contributed by atoms with Crippen LogP contribution in [0.25, 0.3) is 5.69 Å². The molecule has 1 aromatic heterocycles. The van der Waals surface area contributed by atoms with Gasteiger partial charge in [0.2, 0.25) is 0 Å². The minimum Gasteiger partial charge on any atom is -0.399 e. The molecule has 0 aliphatic carbocycles. The van der Waals surface area contributed by atoms with E-state index < -0.39 is 0 Å². The molecule has 0 unspecified atom stereocenters. The van der Waals surface area contributed by atoms with E-state index in [4.69, 9.17) is 5.73 Å². The van der Waals surface area contributed by atoms with Crippen LogP contribution in [-0.4, -0.2) is 14.8 Å².